The second-order valence-corrected chi connectivity index (χ2v) is 6.76. The van der Waals surface area contributed by atoms with Gasteiger partial charge in [-0.25, -0.2) is 18.4 Å². The van der Waals surface area contributed by atoms with Crippen LogP contribution >= 0.6 is 0 Å². The van der Waals surface area contributed by atoms with Crippen molar-refractivity contribution in [3.8, 4) is 5.88 Å². The number of ether oxygens (including phenoxy) is 1. The molecule has 0 radical (unpaired) electrons. The quantitative estimate of drug-likeness (QED) is 0.899. The molecule has 124 valence electrons. The molecule has 23 heavy (non-hydrogen) atoms. The summed E-state index contributed by atoms with van der Waals surface area (Å²) in [5.41, 5.74) is -0.872. The van der Waals surface area contributed by atoms with Crippen molar-refractivity contribution in [3.63, 3.8) is 0 Å². The van der Waals surface area contributed by atoms with E-state index in [4.69, 9.17) is 4.74 Å². The van der Waals surface area contributed by atoms with Gasteiger partial charge in [0.25, 0.3) is 10.0 Å². The van der Waals surface area contributed by atoms with Crippen molar-refractivity contribution in [2.45, 2.75) is 17.3 Å². The van der Waals surface area contributed by atoms with E-state index in [0.717, 1.165) is 22.6 Å². The Morgan fingerprint density at radius 1 is 1.35 bits per heavy atom. The van der Waals surface area contributed by atoms with Crippen molar-refractivity contribution in [1.29, 1.82) is 0 Å². The molecule has 0 amide bonds. The van der Waals surface area contributed by atoms with E-state index >= 15 is 0 Å². The molecular formula is C12H11F3N4O3S. The van der Waals surface area contributed by atoms with Crippen molar-refractivity contribution >= 4 is 10.0 Å². The number of rotatable bonds is 4. The van der Waals surface area contributed by atoms with Crippen molar-refractivity contribution in [1.82, 2.24) is 19.3 Å². The highest BCUT2D eigenvalue weighted by Gasteiger charge is 2.39. The number of imidazole rings is 1. The lowest BCUT2D eigenvalue weighted by atomic mass is 10.2. The molecule has 1 aliphatic rings. The van der Waals surface area contributed by atoms with E-state index in [1.807, 2.05) is 0 Å². The molecule has 0 aromatic carbocycles. The molecule has 0 unspecified atom stereocenters. The van der Waals surface area contributed by atoms with E-state index < -0.39 is 27.9 Å². The fraction of sp³-hybridized carbons (Fsp3) is 0.333. The maximum absolute atomic E-state index is 12.6. The SMILES string of the molecule is O=S(=O)(c1cnc[nH]1)N1CC(Oc2cc(C(F)(F)F)ccn2)C1. The largest absolute Gasteiger partial charge is 0.472 e. The summed E-state index contributed by atoms with van der Waals surface area (Å²) < 4.78 is 68.4. The predicted molar refractivity (Wildman–Crippen MR) is 71.0 cm³/mol. The number of aromatic amines is 1. The van der Waals surface area contributed by atoms with Gasteiger partial charge in [-0.1, -0.05) is 0 Å². The molecule has 0 bridgehead atoms. The zero-order chi connectivity index (χ0) is 16.7. The molecule has 0 saturated carbocycles. The summed E-state index contributed by atoms with van der Waals surface area (Å²) in [5.74, 6) is -0.191. The number of nitrogens with one attached hydrogen (secondary N) is 1. The van der Waals surface area contributed by atoms with Crippen molar-refractivity contribution in [2.75, 3.05) is 13.1 Å². The van der Waals surface area contributed by atoms with E-state index in [2.05, 4.69) is 15.0 Å². The Kier molecular flexibility index (Phi) is 3.76. The Balaban J connectivity index is 1.63. The number of pyridine rings is 1. The molecule has 0 atom stereocenters. The minimum absolute atomic E-state index is 0.0271. The Labute approximate surface area is 129 Å². The number of alkyl halides is 3. The third-order valence-corrected chi connectivity index (χ3v) is 5.01. The average molecular weight is 348 g/mol. The number of H-pyrrole nitrogens is 1. The fourth-order valence-corrected chi connectivity index (χ4v) is 3.41. The van der Waals surface area contributed by atoms with E-state index in [9.17, 15) is 21.6 Å². The molecule has 1 aliphatic heterocycles. The van der Waals surface area contributed by atoms with Crippen LogP contribution in [-0.2, 0) is 16.2 Å². The monoisotopic (exact) mass is 348 g/mol. The number of aromatic nitrogens is 3. The van der Waals surface area contributed by atoms with Gasteiger partial charge in [0.15, 0.2) is 5.03 Å². The van der Waals surface area contributed by atoms with Crippen LogP contribution < -0.4 is 4.74 Å². The van der Waals surface area contributed by atoms with Crippen LogP contribution in [0.3, 0.4) is 0 Å². The van der Waals surface area contributed by atoms with Gasteiger partial charge < -0.3 is 9.72 Å². The van der Waals surface area contributed by atoms with Gasteiger partial charge in [-0.15, -0.1) is 0 Å². The summed E-state index contributed by atoms with van der Waals surface area (Å²) in [6.45, 7) is 0.0541. The highest BCUT2D eigenvalue weighted by Crippen LogP contribution is 2.31. The standard InChI is InChI=1S/C12H11F3N4O3S/c13-12(14,15)8-1-2-17-10(3-8)22-9-5-19(6-9)23(20,21)11-4-16-7-18-11/h1-4,7,9H,5-6H2,(H,16,18). The normalized spacial score (nSPS) is 17.0. The van der Waals surface area contributed by atoms with Gasteiger partial charge in [0.05, 0.1) is 31.2 Å². The smallest absolute Gasteiger partial charge is 0.416 e. The topological polar surface area (TPSA) is 88.2 Å². The summed E-state index contributed by atoms with van der Waals surface area (Å²) in [4.78, 5) is 9.84. The summed E-state index contributed by atoms with van der Waals surface area (Å²) in [6.07, 6.45) is -1.62. The summed E-state index contributed by atoms with van der Waals surface area (Å²) in [5, 5.41) is -0.0480. The number of nitrogens with zero attached hydrogens (tertiary/aromatic N) is 3. The van der Waals surface area contributed by atoms with Crippen LogP contribution in [0.1, 0.15) is 5.56 Å². The van der Waals surface area contributed by atoms with Crippen molar-refractivity contribution < 1.29 is 26.3 Å². The van der Waals surface area contributed by atoms with Crippen LogP contribution in [0.4, 0.5) is 13.2 Å². The van der Waals surface area contributed by atoms with E-state index in [0.29, 0.717) is 0 Å². The van der Waals surface area contributed by atoms with Crippen LogP contribution in [0.2, 0.25) is 0 Å². The Morgan fingerprint density at radius 3 is 2.70 bits per heavy atom. The lowest BCUT2D eigenvalue weighted by molar-refractivity contribution is -0.137. The van der Waals surface area contributed by atoms with Gasteiger partial charge in [-0.2, -0.15) is 17.5 Å². The van der Waals surface area contributed by atoms with Crippen molar-refractivity contribution in [3.05, 3.63) is 36.4 Å². The van der Waals surface area contributed by atoms with Gasteiger partial charge in [0.2, 0.25) is 5.88 Å². The number of sulfonamides is 1. The Bertz CT molecular complexity index is 786. The Morgan fingerprint density at radius 2 is 2.09 bits per heavy atom. The van der Waals surface area contributed by atoms with Gasteiger partial charge in [-0.05, 0) is 6.07 Å². The maximum atomic E-state index is 12.6. The molecule has 2 aromatic heterocycles. The maximum Gasteiger partial charge on any atom is 0.416 e. The molecule has 3 heterocycles. The van der Waals surface area contributed by atoms with Crippen LogP contribution in [0.25, 0.3) is 0 Å². The first-order valence-corrected chi connectivity index (χ1v) is 7.89. The van der Waals surface area contributed by atoms with Crippen LogP contribution in [-0.4, -0.2) is 46.9 Å². The molecular weight excluding hydrogens is 337 g/mol. The average Bonchev–Trinajstić information content (AvgIpc) is 2.96. The third kappa shape index (κ3) is 3.15. The number of hydrogen-bond acceptors (Lipinski definition) is 5. The summed E-state index contributed by atoms with van der Waals surface area (Å²) in [6, 6.07) is 1.62. The zero-order valence-electron chi connectivity index (χ0n) is 11.5. The number of hydrogen-bond donors (Lipinski definition) is 1. The van der Waals surface area contributed by atoms with Gasteiger partial charge in [0.1, 0.15) is 6.10 Å². The van der Waals surface area contributed by atoms with Gasteiger partial charge in [0, 0.05) is 12.3 Å². The second-order valence-electron chi connectivity index (χ2n) is 4.86. The van der Waals surface area contributed by atoms with Gasteiger partial charge >= 0.3 is 6.18 Å². The summed E-state index contributed by atoms with van der Waals surface area (Å²) in [7, 11) is -3.68. The Hall–Kier alpha value is -2.14. The van der Waals surface area contributed by atoms with Crippen LogP contribution in [0.15, 0.2) is 35.9 Å². The van der Waals surface area contributed by atoms with Gasteiger partial charge in [-0.3, -0.25) is 0 Å². The second kappa shape index (κ2) is 5.49. The first-order chi connectivity index (χ1) is 10.8. The number of halogens is 3. The molecule has 2 aromatic rings. The minimum atomic E-state index is -4.49. The molecule has 1 saturated heterocycles. The fourth-order valence-electron chi connectivity index (χ4n) is 2.02. The molecule has 1 fully saturated rings. The third-order valence-electron chi connectivity index (χ3n) is 3.26. The lowest BCUT2D eigenvalue weighted by Gasteiger charge is -2.37. The molecule has 7 nitrogen and oxygen atoms in total. The minimum Gasteiger partial charge on any atom is -0.472 e. The molecule has 3 rings (SSSR count). The molecule has 11 heteroatoms. The highest BCUT2D eigenvalue weighted by atomic mass is 32.2. The lowest BCUT2D eigenvalue weighted by Crippen LogP contribution is -2.56. The van der Waals surface area contributed by atoms with E-state index in [-0.39, 0.29) is 24.0 Å². The highest BCUT2D eigenvalue weighted by molar-refractivity contribution is 7.89. The first-order valence-electron chi connectivity index (χ1n) is 6.45. The van der Waals surface area contributed by atoms with Crippen LogP contribution in [0, 0.1) is 0 Å². The summed E-state index contributed by atoms with van der Waals surface area (Å²) >= 11 is 0. The zero-order valence-corrected chi connectivity index (χ0v) is 12.3. The van der Waals surface area contributed by atoms with Crippen molar-refractivity contribution in [2.24, 2.45) is 0 Å². The molecule has 0 aliphatic carbocycles. The van der Waals surface area contributed by atoms with Crippen LogP contribution in [0.5, 0.6) is 5.88 Å². The first kappa shape index (κ1) is 15.7. The molecule has 1 N–H and O–H groups in total. The molecule has 0 spiro atoms. The predicted octanol–water partition coefficient (Wildman–Crippen LogP) is 1.28. The van der Waals surface area contributed by atoms with E-state index in [1.165, 1.54) is 12.5 Å². The van der Waals surface area contributed by atoms with E-state index in [1.54, 1.807) is 0 Å².